The van der Waals surface area contributed by atoms with Crippen LogP contribution in [0.3, 0.4) is 0 Å². The summed E-state index contributed by atoms with van der Waals surface area (Å²) in [6.45, 7) is 0. The Kier molecular flexibility index (Phi) is 3.37. The molecule has 1 aromatic carbocycles. The molecule has 0 aliphatic rings. The van der Waals surface area contributed by atoms with Gasteiger partial charge in [0.2, 0.25) is 0 Å². The molecule has 0 aliphatic heterocycles. The van der Waals surface area contributed by atoms with Crippen LogP contribution in [0.2, 0.25) is 0 Å². The highest BCUT2D eigenvalue weighted by Crippen LogP contribution is 2.34. The number of hydrogen-bond acceptors (Lipinski definition) is 5. The lowest BCUT2D eigenvalue weighted by atomic mass is 10.2. The van der Waals surface area contributed by atoms with Crippen molar-refractivity contribution in [2.75, 3.05) is 0 Å². The predicted molar refractivity (Wildman–Crippen MR) is 74.9 cm³/mol. The van der Waals surface area contributed by atoms with Crippen LogP contribution in [0.1, 0.15) is 10.4 Å². The normalized spacial score (nSPS) is 10.8. The molecule has 100 valence electrons. The molecule has 0 saturated carbocycles. The number of rotatable bonds is 3. The van der Waals surface area contributed by atoms with Crippen molar-refractivity contribution < 1.29 is 14.3 Å². The Balaban J connectivity index is 2.01. The van der Waals surface area contributed by atoms with Crippen molar-refractivity contribution in [3.8, 4) is 0 Å². The average molecular weight is 306 g/mol. The van der Waals surface area contributed by atoms with Gasteiger partial charge in [-0.25, -0.2) is 19.2 Å². The first kappa shape index (κ1) is 13.0. The summed E-state index contributed by atoms with van der Waals surface area (Å²) in [6.07, 6.45) is 1.46. The van der Waals surface area contributed by atoms with E-state index in [1.807, 2.05) is 11.4 Å². The van der Waals surface area contributed by atoms with Gasteiger partial charge >= 0.3 is 5.97 Å². The number of thiophene rings is 1. The molecule has 2 aromatic heterocycles. The number of aromatic nitrogens is 2. The molecule has 0 amide bonds. The van der Waals surface area contributed by atoms with E-state index in [-0.39, 0.29) is 5.56 Å². The second-order valence-corrected chi connectivity index (χ2v) is 5.84. The lowest BCUT2D eigenvalue weighted by Gasteiger charge is -2.04. The van der Waals surface area contributed by atoms with Gasteiger partial charge in [0, 0.05) is 4.90 Å². The molecule has 3 rings (SSSR count). The van der Waals surface area contributed by atoms with Crippen LogP contribution in [0.5, 0.6) is 0 Å². The number of halogens is 1. The van der Waals surface area contributed by atoms with Crippen LogP contribution < -0.4 is 0 Å². The zero-order chi connectivity index (χ0) is 14.1. The van der Waals surface area contributed by atoms with Gasteiger partial charge in [0.05, 0.1) is 15.8 Å². The third-order valence-corrected chi connectivity index (χ3v) is 4.63. The van der Waals surface area contributed by atoms with Crippen LogP contribution in [0, 0.1) is 5.82 Å². The first-order chi connectivity index (χ1) is 9.65. The van der Waals surface area contributed by atoms with Gasteiger partial charge in [-0.05, 0) is 29.6 Å². The van der Waals surface area contributed by atoms with E-state index in [0.29, 0.717) is 4.90 Å². The fourth-order valence-corrected chi connectivity index (χ4v) is 3.51. The van der Waals surface area contributed by atoms with Crippen molar-refractivity contribution in [2.24, 2.45) is 0 Å². The number of carboxylic acid groups (broad SMARTS) is 1. The van der Waals surface area contributed by atoms with Crippen LogP contribution in [0.4, 0.5) is 4.39 Å². The van der Waals surface area contributed by atoms with Gasteiger partial charge in [0.15, 0.2) is 0 Å². The van der Waals surface area contributed by atoms with Gasteiger partial charge in [-0.15, -0.1) is 11.3 Å². The lowest BCUT2D eigenvalue weighted by Crippen LogP contribution is -2.00. The van der Waals surface area contributed by atoms with E-state index in [4.69, 9.17) is 5.11 Å². The van der Waals surface area contributed by atoms with Crippen molar-refractivity contribution in [1.82, 2.24) is 9.97 Å². The van der Waals surface area contributed by atoms with Gasteiger partial charge in [0.1, 0.15) is 17.2 Å². The Morgan fingerprint density at radius 2 is 2.15 bits per heavy atom. The quantitative estimate of drug-likeness (QED) is 0.748. The number of benzene rings is 1. The summed E-state index contributed by atoms with van der Waals surface area (Å²) in [5.74, 6) is -2.03. The highest BCUT2D eigenvalue weighted by molar-refractivity contribution is 7.99. The zero-order valence-electron chi connectivity index (χ0n) is 9.91. The molecule has 0 saturated heterocycles. The molecule has 1 N–H and O–H groups in total. The average Bonchev–Trinajstić information content (AvgIpc) is 2.90. The molecule has 0 radical (unpaired) electrons. The van der Waals surface area contributed by atoms with Gasteiger partial charge < -0.3 is 5.11 Å². The van der Waals surface area contributed by atoms with Crippen molar-refractivity contribution >= 4 is 39.3 Å². The Hall–Kier alpha value is -1.99. The molecule has 3 aromatic rings. The minimum atomic E-state index is -1.28. The molecule has 0 aliphatic carbocycles. The van der Waals surface area contributed by atoms with E-state index in [1.165, 1.54) is 41.6 Å². The highest BCUT2D eigenvalue weighted by Gasteiger charge is 2.13. The third kappa shape index (κ3) is 2.37. The first-order valence-electron chi connectivity index (χ1n) is 5.54. The molecule has 2 heterocycles. The van der Waals surface area contributed by atoms with E-state index in [1.54, 1.807) is 0 Å². The van der Waals surface area contributed by atoms with Gasteiger partial charge in [-0.3, -0.25) is 0 Å². The Morgan fingerprint density at radius 3 is 2.95 bits per heavy atom. The molecule has 7 heteroatoms. The molecule has 0 atom stereocenters. The van der Waals surface area contributed by atoms with Crippen molar-refractivity contribution in [2.45, 2.75) is 9.92 Å². The van der Waals surface area contributed by atoms with Crippen molar-refractivity contribution in [1.29, 1.82) is 0 Å². The van der Waals surface area contributed by atoms with E-state index < -0.39 is 11.8 Å². The number of carboxylic acids is 1. The molecule has 0 spiro atoms. The summed E-state index contributed by atoms with van der Waals surface area (Å²) in [5, 5.41) is 11.6. The number of aromatic carboxylic acids is 1. The summed E-state index contributed by atoms with van der Waals surface area (Å²) >= 11 is 2.80. The van der Waals surface area contributed by atoms with Crippen LogP contribution in [0.25, 0.3) is 10.2 Å². The summed E-state index contributed by atoms with van der Waals surface area (Å²) in [4.78, 5) is 19.9. The largest absolute Gasteiger partial charge is 0.478 e. The predicted octanol–water partition coefficient (Wildman–Crippen LogP) is 3.68. The SMILES string of the molecule is O=C(O)c1cc(Sc2ncnc3ccsc23)ccc1F. The fraction of sp³-hybridized carbons (Fsp3) is 0. The van der Waals surface area contributed by atoms with Crippen molar-refractivity contribution in [3.63, 3.8) is 0 Å². The second kappa shape index (κ2) is 5.18. The molecule has 0 fully saturated rings. The van der Waals surface area contributed by atoms with Crippen molar-refractivity contribution in [3.05, 3.63) is 47.4 Å². The molecule has 20 heavy (non-hydrogen) atoms. The summed E-state index contributed by atoms with van der Waals surface area (Å²) in [5.41, 5.74) is 0.500. The van der Waals surface area contributed by atoms with Gasteiger partial charge in [-0.2, -0.15) is 0 Å². The third-order valence-electron chi connectivity index (χ3n) is 2.59. The molecular weight excluding hydrogens is 299 g/mol. The van der Waals surface area contributed by atoms with E-state index in [0.717, 1.165) is 21.3 Å². The van der Waals surface area contributed by atoms with E-state index in [9.17, 15) is 9.18 Å². The Labute approximate surface area is 121 Å². The molecule has 0 bridgehead atoms. The molecular formula is C13H7FN2O2S2. The Bertz CT molecular complexity index is 804. The smallest absolute Gasteiger partial charge is 0.338 e. The lowest BCUT2D eigenvalue weighted by molar-refractivity contribution is 0.0691. The standard InChI is InChI=1S/C13H7FN2O2S2/c14-9-2-1-7(5-8(9)13(17)18)20-12-11-10(3-4-19-11)15-6-16-12/h1-6H,(H,17,18). The maximum Gasteiger partial charge on any atom is 0.338 e. The minimum Gasteiger partial charge on any atom is -0.478 e. The van der Waals surface area contributed by atoms with Gasteiger partial charge in [0.25, 0.3) is 0 Å². The maximum absolute atomic E-state index is 13.3. The monoisotopic (exact) mass is 306 g/mol. The zero-order valence-corrected chi connectivity index (χ0v) is 11.5. The number of hydrogen-bond donors (Lipinski definition) is 1. The van der Waals surface area contributed by atoms with Crippen LogP contribution in [-0.4, -0.2) is 21.0 Å². The van der Waals surface area contributed by atoms with Gasteiger partial charge in [-0.1, -0.05) is 11.8 Å². The summed E-state index contributed by atoms with van der Waals surface area (Å²) in [7, 11) is 0. The summed E-state index contributed by atoms with van der Waals surface area (Å²) < 4.78 is 14.3. The minimum absolute atomic E-state index is 0.341. The van der Waals surface area contributed by atoms with Crippen LogP contribution >= 0.6 is 23.1 Å². The first-order valence-corrected chi connectivity index (χ1v) is 7.23. The molecule has 4 nitrogen and oxygen atoms in total. The Morgan fingerprint density at radius 1 is 1.30 bits per heavy atom. The number of fused-ring (bicyclic) bond motifs is 1. The van der Waals surface area contributed by atoms with E-state index >= 15 is 0 Å². The number of nitrogens with zero attached hydrogens (tertiary/aromatic N) is 2. The topological polar surface area (TPSA) is 63.1 Å². The fourth-order valence-electron chi connectivity index (χ4n) is 1.68. The summed E-state index contributed by atoms with van der Waals surface area (Å²) in [6, 6.07) is 5.88. The number of carbonyl (C=O) groups is 1. The highest BCUT2D eigenvalue weighted by atomic mass is 32.2. The molecule has 0 unspecified atom stereocenters. The maximum atomic E-state index is 13.3. The van der Waals surface area contributed by atoms with Crippen LogP contribution in [0.15, 0.2) is 45.9 Å². The van der Waals surface area contributed by atoms with Crippen LogP contribution in [-0.2, 0) is 0 Å². The van der Waals surface area contributed by atoms with E-state index in [2.05, 4.69) is 9.97 Å². The second-order valence-electron chi connectivity index (χ2n) is 3.86.